The number of carbonyl (C=O) groups excluding carboxylic acids is 1. The Morgan fingerprint density at radius 2 is 1.88 bits per heavy atom. The third kappa shape index (κ3) is 4.39. The molecule has 2 aromatic rings. The van der Waals surface area contributed by atoms with Crippen LogP contribution in [0.1, 0.15) is 47.0 Å². The molecule has 0 aliphatic heterocycles. The van der Waals surface area contributed by atoms with Crippen molar-refractivity contribution in [3.63, 3.8) is 0 Å². The second-order valence-corrected chi connectivity index (χ2v) is 7.89. The SMILES string of the molecule is CCCCCn1c(=O)n(CC(=O)NC(C)(C)C)c(=O)n2ncc(Br)c12. The first-order chi connectivity index (χ1) is 11.7. The number of unbranched alkanes of at least 4 members (excludes halogenated alkanes) is 2. The molecule has 0 spiro atoms. The Kier molecular flexibility index (Phi) is 5.87. The Morgan fingerprint density at radius 3 is 2.48 bits per heavy atom. The number of hydrogen-bond acceptors (Lipinski definition) is 4. The van der Waals surface area contributed by atoms with E-state index in [1.807, 2.05) is 20.8 Å². The summed E-state index contributed by atoms with van der Waals surface area (Å²) in [7, 11) is 0. The van der Waals surface area contributed by atoms with Gasteiger partial charge in [0, 0.05) is 12.1 Å². The van der Waals surface area contributed by atoms with Crippen LogP contribution >= 0.6 is 15.9 Å². The lowest BCUT2D eigenvalue weighted by Crippen LogP contribution is -2.49. The van der Waals surface area contributed by atoms with Crippen LogP contribution in [0.15, 0.2) is 20.3 Å². The van der Waals surface area contributed by atoms with Crippen LogP contribution in [-0.2, 0) is 17.9 Å². The van der Waals surface area contributed by atoms with Gasteiger partial charge in [0.15, 0.2) is 5.65 Å². The number of nitrogens with one attached hydrogen (secondary N) is 1. The van der Waals surface area contributed by atoms with Crippen LogP contribution in [0.2, 0.25) is 0 Å². The van der Waals surface area contributed by atoms with E-state index in [1.54, 1.807) is 0 Å². The number of nitrogens with zero attached hydrogens (tertiary/aromatic N) is 4. The summed E-state index contributed by atoms with van der Waals surface area (Å²) in [5, 5.41) is 6.80. The van der Waals surface area contributed by atoms with E-state index in [0.717, 1.165) is 28.3 Å². The summed E-state index contributed by atoms with van der Waals surface area (Å²) in [5.41, 5.74) is -1.15. The molecule has 0 fully saturated rings. The molecule has 2 aromatic heterocycles. The van der Waals surface area contributed by atoms with E-state index in [-0.39, 0.29) is 6.54 Å². The fourth-order valence-electron chi connectivity index (χ4n) is 2.60. The fourth-order valence-corrected chi connectivity index (χ4v) is 3.07. The highest BCUT2D eigenvalue weighted by Gasteiger charge is 2.20. The number of amides is 1. The molecule has 0 saturated heterocycles. The molecule has 25 heavy (non-hydrogen) atoms. The molecule has 0 radical (unpaired) electrons. The van der Waals surface area contributed by atoms with Gasteiger partial charge < -0.3 is 5.32 Å². The number of aryl methyl sites for hydroxylation is 1. The second kappa shape index (κ2) is 7.55. The second-order valence-electron chi connectivity index (χ2n) is 7.04. The number of fused-ring (bicyclic) bond motifs is 1. The molecule has 0 saturated carbocycles. The van der Waals surface area contributed by atoms with E-state index in [0.29, 0.717) is 16.7 Å². The minimum atomic E-state index is -0.624. The van der Waals surface area contributed by atoms with E-state index in [4.69, 9.17) is 0 Å². The minimum Gasteiger partial charge on any atom is -0.350 e. The summed E-state index contributed by atoms with van der Waals surface area (Å²) in [4.78, 5) is 37.6. The van der Waals surface area contributed by atoms with Crippen molar-refractivity contribution in [2.45, 2.75) is 65.6 Å². The molecule has 9 heteroatoms. The maximum Gasteiger partial charge on any atom is 0.355 e. The number of carbonyl (C=O) groups is 1. The smallest absolute Gasteiger partial charge is 0.350 e. The quantitative estimate of drug-likeness (QED) is 0.726. The van der Waals surface area contributed by atoms with Gasteiger partial charge in [-0.2, -0.15) is 9.61 Å². The third-order valence-corrected chi connectivity index (χ3v) is 4.19. The molecule has 8 nitrogen and oxygen atoms in total. The van der Waals surface area contributed by atoms with Gasteiger partial charge >= 0.3 is 11.4 Å². The normalized spacial score (nSPS) is 11.9. The zero-order valence-electron chi connectivity index (χ0n) is 15.0. The van der Waals surface area contributed by atoms with Gasteiger partial charge in [0.05, 0.1) is 10.7 Å². The van der Waals surface area contributed by atoms with E-state index in [9.17, 15) is 14.4 Å². The molecule has 0 aromatic carbocycles. The first-order valence-corrected chi connectivity index (χ1v) is 9.13. The molecule has 2 heterocycles. The maximum absolute atomic E-state index is 12.8. The molecule has 1 N–H and O–H groups in total. The molecule has 0 unspecified atom stereocenters. The Hall–Kier alpha value is -1.90. The highest BCUT2D eigenvalue weighted by Crippen LogP contribution is 2.15. The highest BCUT2D eigenvalue weighted by atomic mass is 79.9. The van der Waals surface area contributed by atoms with Gasteiger partial charge in [-0.25, -0.2) is 14.2 Å². The molecular formula is C16H24BrN5O3. The van der Waals surface area contributed by atoms with Crippen LogP contribution < -0.4 is 16.7 Å². The third-order valence-electron chi connectivity index (χ3n) is 3.63. The van der Waals surface area contributed by atoms with E-state index in [1.165, 1.54) is 10.8 Å². The molecule has 138 valence electrons. The van der Waals surface area contributed by atoms with Crippen LogP contribution in [0.5, 0.6) is 0 Å². The summed E-state index contributed by atoms with van der Waals surface area (Å²) < 4.78 is 4.16. The Balaban J connectivity index is 2.52. The number of hydrogen-bond donors (Lipinski definition) is 1. The van der Waals surface area contributed by atoms with Crippen LogP contribution in [0, 0.1) is 0 Å². The number of halogens is 1. The standard InChI is InChI=1S/C16H24BrN5O3/c1-5-6-7-8-20-13-11(17)9-18-22(13)15(25)21(14(20)24)10-12(23)19-16(2,3)4/h9H,5-8,10H2,1-4H3,(H,19,23). The average molecular weight is 414 g/mol. The molecule has 1 amide bonds. The van der Waals surface area contributed by atoms with E-state index < -0.39 is 22.8 Å². The van der Waals surface area contributed by atoms with Gasteiger partial charge in [-0.1, -0.05) is 19.8 Å². The largest absolute Gasteiger partial charge is 0.355 e. The highest BCUT2D eigenvalue weighted by molar-refractivity contribution is 9.10. The molecule has 0 aliphatic carbocycles. The van der Waals surface area contributed by atoms with Crippen LogP contribution in [-0.4, -0.2) is 30.2 Å². The predicted octanol–water partition coefficient (Wildman–Crippen LogP) is 1.53. The number of rotatable bonds is 6. The minimum absolute atomic E-state index is 0.337. The summed E-state index contributed by atoms with van der Waals surface area (Å²) in [5.74, 6) is -0.391. The maximum atomic E-state index is 12.8. The zero-order valence-corrected chi connectivity index (χ0v) is 16.6. The van der Waals surface area contributed by atoms with Crippen molar-refractivity contribution >= 4 is 27.5 Å². The van der Waals surface area contributed by atoms with Gasteiger partial charge in [0.1, 0.15) is 6.54 Å². The Morgan fingerprint density at radius 1 is 1.20 bits per heavy atom. The van der Waals surface area contributed by atoms with Gasteiger partial charge in [-0.15, -0.1) is 0 Å². The van der Waals surface area contributed by atoms with E-state index >= 15 is 0 Å². The van der Waals surface area contributed by atoms with Crippen LogP contribution in [0.3, 0.4) is 0 Å². The van der Waals surface area contributed by atoms with Gasteiger partial charge in [0.25, 0.3) is 0 Å². The van der Waals surface area contributed by atoms with Crippen molar-refractivity contribution in [2.24, 2.45) is 0 Å². The first-order valence-electron chi connectivity index (χ1n) is 8.33. The van der Waals surface area contributed by atoms with Crippen LogP contribution in [0.25, 0.3) is 5.65 Å². The van der Waals surface area contributed by atoms with Crippen molar-refractivity contribution in [3.05, 3.63) is 31.6 Å². The van der Waals surface area contributed by atoms with Gasteiger partial charge in [-0.3, -0.25) is 9.36 Å². The molecule has 0 aliphatic rings. The molecular weight excluding hydrogens is 390 g/mol. The van der Waals surface area contributed by atoms with E-state index in [2.05, 4.69) is 33.3 Å². The van der Waals surface area contributed by atoms with Crippen molar-refractivity contribution < 1.29 is 4.79 Å². The Labute approximate surface area is 154 Å². The lowest BCUT2D eigenvalue weighted by atomic mass is 10.1. The zero-order chi connectivity index (χ0) is 18.8. The molecule has 0 bridgehead atoms. The summed E-state index contributed by atoms with van der Waals surface area (Å²) in [6.07, 6.45) is 4.26. The molecule has 2 rings (SSSR count). The predicted molar refractivity (Wildman–Crippen MR) is 98.8 cm³/mol. The van der Waals surface area contributed by atoms with Crippen molar-refractivity contribution in [3.8, 4) is 0 Å². The lowest BCUT2D eigenvalue weighted by molar-refractivity contribution is -0.123. The van der Waals surface area contributed by atoms with Crippen molar-refractivity contribution in [1.29, 1.82) is 0 Å². The first kappa shape index (κ1) is 19.4. The summed E-state index contributed by atoms with van der Waals surface area (Å²) in [6, 6.07) is 0. The molecule has 0 atom stereocenters. The fraction of sp³-hybridized carbons (Fsp3) is 0.625. The van der Waals surface area contributed by atoms with Crippen LogP contribution in [0.4, 0.5) is 0 Å². The van der Waals surface area contributed by atoms with Gasteiger partial charge in [0.2, 0.25) is 5.91 Å². The van der Waals surface area contributed by atoms with Crippen molar-refractivity contribution in [1.82, 2.24) is 24.1 Å². The van der Waals surface area contributed by atoms with Gasteiger partial charge in [-0.05, 0) is 43.1 Å². The summed E-state index contributed by atoms with van der Waals surface area (Å²) in [6.45, 7) is 7.71. The van der Waals surface area contributed by atoms with Crippen molar-refractivity contribution in [2.75, 3.05) is 0 Å². The average Bonchev–Trinajstić information content (AvgIpc) is 2.87. The topological polar surface area (TPSA) is 90.4 Å². The Bertz CT molecular complexity index is 888. The summed E-state index contributed by atoms with van der Waals surface area (Å²) >= 11 is 3.34. The lowest BCUT2D eigenvalue weighted by Gasteiger charge is -2.21. The monoisotopic (exact) mass is 413 g/mol. The number of aromatic nitrogens is 4.